The molecule has 7 nitrogen and oxygen atoms in total. The van der Waals surface area contributed by atoms with Crippen LogP contribution in [0.4, 0.5) is 5.13 Å². The van der Waals surface area contributed by atoms with E-state index in [1.807, 2.05) is 30.1 Å². The molecule has 1 saturated heterocycles. The fraction of sp³-hybridized carbons (Fsp3) is 0.467. The Hall–Kier alpha value is -2.22. The van der Waals surface area contributed by atoms with Crippen LogP contribution >= 0.6 is 11.3 Å². The second-order valence-electron chi connectivity index (χ2n) is 5.75. The average Bonchev–Trinajstić information content (AvgIpc) is 3.24. The highest BCUT2D eigenvalue weighted by molar-refractivity contribution is 7.20. The number of anilines is 1. The van der Waals surface area contributed by atoms with Gasteiger partial charge in [0.1, 0.15) is 0 Å². The molecule has 1 fully saturated rings. The van der Waals surface area contributed by atoms with Crippen LogP contribution in [-0.2, 0) is 6.42 Å². The Balaban J connectivity index is 1.66. The molecule has 1 aliphatic heterocycles. The predicted molar refractivity (Wildman–Crippen MR) is 89.2 cm³/mol. The largest absolute Gasteiger partial charge is 0.345 e. The van der Waals surface area contributed by atoms with E-state index in [0.717, 1.165) is 43.2 Å². The molecule has 0 saturated carbocycles. The van der Waals surface area contributed by atoms with E-state index in [9.17, 15) is 4.79 Å². The first kappa shape index (κ1) is 14.4. The zero-order valence-corrected chi connectivity index (χ0v) is 13.7. The summed E-state index contributed by atoms with van der Waals surface area (Å²) in [6.45, 7) is 3.81. The molecule has 4 heterocycles. The highest BCUT2D eigenvalue weighted by Crippen LogP contribution is 2.28. The first-order chi connectivity index (χ1) is 11.2. The summed E-state index contributed by atoms with van der Waals surface area (Å²) in [5, 5.41) is 9.70. The van der Waals surface area contributed by atoms with Crippen molar-refractivity contribution in [3.8, 4) is 0 Å². The van der Waals surface area contributed by atoms with Gasteiger partial charge in [-0.1, -0.05) is 18.3 Å². The fourth-order valence-corrected chi connectivity index (χ4v) is 3.96. The first-order valence-electron chi connectivity index (χ1n) is 7.88. The lowest BCUT2D eigenvalue weighted by molar-refractivity contribution is 0.375. The number of nitrogens with zero attached hydrogens (tertiary/aromatic N) is 6. The highest BCUT2D eigenvalue weighted by atomic mass is 32.1. The molecule has 0 radical (unpaired) electrons. The van der Waals surface area contributed by atoms with Crippen LogP contribution in [0.3, 0.4) is 0 Å². The molecule has 0 N–H and O–H groups in total. The van der Waals surface area contributed by atoms with Crippen molar-refractivity contribution in [2.75, 3.05) is 18.0 Å². The van der Waals surface area contributed by atoms with Crippen molar-refractivity contribution in [2.24, 2.45) is 0 Å². The van der Waals surface area contributed by atoms with Crippen LogP contribution in [0.2, 0.25) is 0 Å². The quantitative estimate of drug-likeness (QED) is 0.732. The smallest absolute Gasteiger partial charge is 0.275 e. The van der Waals surface area contributed by atoms with E-state index in [1.54, 1.807) is 6.07 Å². The SMILES string of the molecule is CCc1cc(=O)n2nc(N3CCCC(n4cccn4)C3)sc2n1. The van der Waals surface area contributed by atoms with E-state index in [-0.39, 0.29) is 5.56 Å². The normalized spacial score (nSPS) is 18.7. The van der Waals surface area contributed by atoms with Crippen molar-refractivity contribution in [1.82, 2.24) is 24.4 Å². The molecule has 0 amide bonds. The Morgan fingerprint density at radius 2 is 2.35 bits per heavy atom. The van der Waals surface area contributed by atoms with Gasteiger partial charge >= 0.3 is 0 Å². The van der Waals surface area contributed by atoms with Gasteiger partial charge in [0.2, 0.25) is 10.1 Å². The number of aryl methyl sites for hydroxylation is 1. The van der Waals surface area contributed by atoms with E-state index in [4.69, 9.17) is 0 Å². The summed E-state index contributed by atoms with van der Waals surface area (Å²) in [6, 6.07) is 3.87. The Kier molecular flexibility index (Phi) is 3.60. The molecule has 4 rings (SSSR count). The monoisotopic (exact) mass is 330 g/mol. The van der Waals surface area contributed by atoms with Crippen LogP contribution in [0.1, 0.15) is 31.5 Å². The van der Waals surface area contributed by atoms with E-state index >= 15 is 0 Å². The van der Waals surface area contributed by atoms with Gasteiger partial charge in [0.15, 0.2) is 0 Å². The molecular weight excluding hydrogens is 312 g/mol. The minimum absolute atomic E-state index is 0.102. The summed E-state index contributed by atoms with van der Waals surface area (Å²) in [7, 11) is 0. The second kappa shape index (κ2) is 5.77. The lowest BCUT2D eigenvalue weighted by atomic mass is 10.1. The summed E-state index contributed by atoms with van der Waals surface area (Å²) < 4.78 is 3.43. The second-order valence-corrected chi connectivity index (χ2v) is 6.68. The summed E-state index contributed by atoms with van der Waals surface area (Å²) >= 11 is 1.48. The van der Waals surface area contributed by atoms with Gasteiger partial charge in [-0.25, -0.2) is 4.98 Å². The summed E-state index contributed by atoms with van der Waals surface area (Å²) in [5.41, 5.74) is 0.716. The number of rotatable bonds is 3. The van der Waals surface area contributed by atoms with Crippen molar-refractivity contribution in [1.29, 1.82) is 0 Å². The van der Waals surface area contributed by atoms with Crippen LogP contribution < -0.4 is 10.5 Å². The minimum atomic E-state index is -0.102. The van der Waals surface area contributed by atoms with Crippen molar-refractivity contribution >= 4 is 21.4 Å². The van der Waals surface area contributed by atoms with Gasteiger partial charge < -0.3 is 4.90 Å². The number of aromatic nitrogens is 5. The van der Waals surface area contributed by atoms with Crippen molar-refractivity contribution < 1.29 is 0 Å². The summed E-state index contributed by atoms with van der Waals surface area (Å²) in [6.07, 6.45) is 6.77. The third-order valence-electron chi connectivity index (χ3n) is 4.22. The Bertz CT molecular complexity index is 868. The highest BCUT2D eigenvalue weighted by Gasteiger charge is 2.24. The number of fused-ring (bicyclic) bond motifs is 1. The van der Waals surface area contributed by atoms with Crippen molar-refractivity contribution in [2.45, 2.75) is 32.2 Å². The maximum Gasteiger partial charge on any atom is 0.275 e. The van der Waals surface area contributed by atoms with Gasteiger partial charge in [0, 0.05) is 37.2 Å². The fourth-order valence-electron chi connectivity index (χ4n) is 3.00. The molecular formula is C15H18N6OS. The third-order valence-corrected chi connectivity index (χ3v) is 5.18. The topological polar surface area (TPSA) is 68.3 Å². The Labute approximate surface area is 137 Å². The first-order valence-corrected chi connectivity index (χ1v) is 8.70. The molecule has 3 aromatic heterocycles. The van der Waals surface area contributed by atoms with Gasteiger partial charge in [-0.05, 0) is 25.3 Å². The number of hydrogen-bond acceptors (Lipinski definition) is 6. The van der Waals surface area contributed by atoms with Crippen molar-refractivity contribution in [3.63, 3.8) is 0 Å². The van der Waals surface area contributed by atoms with Crippen LogP contribution in [0, 0.1) is 0 Å². The molecule has 8 heteroatoms. The van der Waals surface area contributed by atoms with Crippen LogP contribution in [0.25, 0.3) is 4.96 Å². The zero-order valence-electron chi connectivity index (χ0n) is 12.9. The van der Waals surface area contributed by atoms with E-state index in [1.165, 1.54) is 15.9 Å². The van der Waals surface area contributed by atoms with Crippen LogP contribution in [0.5, 0.6) is 0 Å². The van der Waals surface area contributed by atoms with E-state index in [0.29, 0.717) is 11.0 Å². The number of hydrogen-bond donors (Lipinski definition) is 0. The molecule has 1 unspecified atom stereocenters. The average molecular weight is 330 g/mol. The summed E-state index contributed by atoms with van der Waals surface area (Å²) in [4.78, 5) is 19.6. The molecule has 0 aromatic carbocycles. The van der Waals surface area contributed by atoms with E-state index < -0.39 is 0 Å². The van der Waals surface area contributed by atoms with E-state index in [2.05, 4.69) is 20.1 Å². The van der Waals surface area contributed by atoms with Gasteiger partial charge in [-0.2, -0.15) is 9.61 Å². The molecule has 3 aromatic rings. The lowest BCUT2D eigenvalue weighted by Crippen LogP contribution is -2.36. The third kappa shape index (κ3) is 2.63. The molecule has 0 bridgehead atoms. The standard InChI is InChI=1S/C15H18N6OS/c1-2-11-9-13(22)21-14(17-11)23-15(18-21)19-7-3-5-12(10-19)20-8-4-6-16-20/h4,6,8-9,12H,2-3,5,7,10H2,1H3. The molecule has 1 aliphatic rings. The molecule has 23 heavy (non-hydrogen) atoms. The van der Waals surface area contributed by atoms with Gasteiger partial charge in [-0.15, -0.1) is 5.10 Å². The van der Waals surface area contributed by atoms with Gasteiger partial charge in [-0.3, -0.25) is 9.48 Å². The Morgan fingerprint density at radius 1 is 1.43 bits per heavy atom. The van der Waals surface area contributed by atoms with Gasteiger partial charge in [0.05, 0.1) is 6.04 Å². The zero-order chi connectivity index (χ0) is 15.8. The van der Waals surface area contributed by atoms with Crippen molar-refractivity contribution in [3.05, 3.63) is 40.6 Å². The minimum Gasteiger partial charge on any atom is -0.345 e. The molecule has 0 aliphatic carbocycles. The molecule has 120 valence electrons. The van der Waals surface area contributed by atoms with Crippen LogP contribution in [-0.4, -0.2) is 37.5 Å². The van der Waals surface area contributed by atoms with Gasteiger partial charge in [0.25, 0.3) is 5.56 Å². The Morgan fingerprint density at radius 3 is 3.13 bits per heavy atom. The summed E-state index contributed by atoms with van der Waals surface area (Å²) in [5.74, 6) is 0. The molecule has 0 spiro atoms. The maximum atomic E-state index is 12.1. The maximum absolute atomic E-state index is 12.1. The predicted octanol–water partition coefficient (Wildman–Crippen LogP) is 1.75. The molecule has 1 atom stereocenters. The lowest BCUT2D eigenvalue weighted by Gasteiger charge is -2.32. The number of piperidine rings is 1. The van der Waals surface area contributed by atoms with Crippen LogP contribution in [0.15, 0.2) is 29.3 Å².